The van der Waals surface area contributed by atoms with Gasteiger partial charge in [-0.15, -0.1) is 0 Å². The Morgan fingerprint density at radius 2 is 2.33 bits per heavy atom. The van der Waals surface area contributed by atoms with Crippen molar-refractivity contribution < 1.29 is 0 Å². The Kier molecular flexibility index (Phi) is 4.55. The molecule has 2 rings (SSSR count). The second kappa shape index (κ2) is 6.16. The molecule has 1 atom stereocenters. The van der Waals surface area contributed by atoms with Crippen molar-refractivity contribution in [3.63, 3.8) is 0 Å². The molecule has 2 heterocycles. The first kappa shape index (κ1) is 13.3. The van der Waals surface area contributed by atoms with Crippen molar-refractivity contribution >= 4 is 5.82 Å². The van der Waals surface area contributed by atoms with E-state index in [0.717, 1.165) is 30.5 Å². The first-order valence-corrected chi connectivity index (χ1v) is 6.69. The average Bonchev–Trinajstić information content (AvgIpc) is 2.75. The minimum atomic E-state index is 0.773. The van der Waals surface area contributed by atoms with E-state index in [2.05, 4.69) is 52.4 Å². The zero-order valence-electron chi connectivity index (χ0n) is 11.7. The van der Waals surface area contributed by atoms with Crippen LogP contribution in [0.3, 0.4) is 0 Å². The SMILES string of the molecule is CNCc1cccc(N(C)CC2CCN(C)C2)n1. The second-order valence-electron chi connectivity index (χ2n) is 5.31. The summed E-state index contributed by atoms with van der Waals surface area (Å²) >= 11 is 0. The van der Waals surface area contributed by atoms with Gasteiger partial charge in [0, 0.05) is 26.7 Å². The van der Waals surface area contributed by atoms with Gasteiger partial charge in [-0.1, -0.05) is 6.07 Å². The fourth-order valence-corrected chi connectivity index (χ4v) is 2.62. The van der Waals surface area contributed by atoms with Crippen molar-refractivity contribution in [2.24, 2.45) is 5.92 Å². The lowest BCUT2D eigenvalue weighted by atomic mass is 10.1. The molecule has 0 bridgehead atoms. The highest BCUT2D eigenvalue weighted by Gasteiger charge is 2.21. The van der Waals surface area contributed by atoms with E-state index in [0.29, 0.717) is 0 Å². The summed E-state index contributed by atoms with van der Waals surface area (Å²) in [5.74, 6) is 1.85. The Hall–Kier alpha value is -1.13. The predicted octanol–water partition coefficient (Wildman–Crippen LogP) is 1.19. The van der Waals surface area contributed by atoms with E-state index in [9.17, 15) is 0 Å². The Labute approximate surface area is 110 Å². The topological polar surface area (TPSA) is 31.4 Å². The van der Waals surface area contributed by atoms with Gasteiger partial charge in [-0.05, 0) is 45.1 Å². The number of nitrogens with zero attached hydrogens (tertiary/aromatic N) is 3. The molecule has 0 spiro atoms. The molecule has 1 aromatic rings. The zero-order chi connectivity index (χ0) is 13.0. The summed E-state index contributed by atoms with van der Waals surface area (Å²) < 4.78 is 0. The van der Waals surface area contributed by atoms with Crippen molar-refractivity contribution in [1.29, 1.82) is 0 Å². The third-order valence-corrected chi connectivity index (χ3v) is 3.56. The van der Waals surface area contributed by atoms with Crippen LogP contribution in [0.25, 0.3) is 0 Å². The molecule has 4 heteroatoms. The van der Waals surface area contributed by atoms with Crippen LogP contribution in [0.1, 0.15) is 12.1 Å². The van der Waals surface area contributed by atoms with E-state index in [4.69, 9.17) is 0 Å². The van der Waals surface area contributed by atoms with Crippen molar-refractivity contribution in [3.8, 4) is 0 Å². The Morgan fingerprint density at radius 3 is 3.00 bits per heavy atom. The Morgan fingerprint density at radius 1 is 1.50 bits per heavy atom. The minimum Gasteiger partial charge on any atom is -0.359 e. The van der Waals surface area contributed by atoms with Gasteiger partial charge in [0.15, 0.2) is 0 Å². The number of pyridine rings is 1. The van der Waals surface area contributed by atoms with E-state index >= 15 is 0 Å². The number of hydrogen-bond acceptors (Lipinski definition) is 4. The smallest absolute Gasteiger partial charge is 0.128 e. The maximum atomic E-state index is 4.67. The van der Waals surface area contributed by atoms with E-state index in [-0.39, 0.29) is 0 Å². The standard InChI is InChI=1S/C14H24N4/c1-15-9-13-5-4-6-14(16-13)18(3)11-12-7-8-17(2)10-12/h4-6,12,15H,7-11H2,1-3H3. The highest BCUT2D eigenvalue weighted by atomic mass is 15.2. The molecular weight excluding hydrogens is 224 g/mol. The van der Waals surface area contributed by atoms with Crippen molar-refractivity contribution in [3.05, 3.63) is 23.9 Å². The molecule has 1 fully saturated rings. The molecular formula is C14H24N4. The van der Waals surface area contributed by atoms with E-state index in [1.807, 2.05) is 7.05 Å². The number of anilines is 1. The maximum Gasteiger partial charge on any atom is 0.128 e. The number of hydrogen-bond donors (Lipinski definition) is 1. The van der Waals surface area contributed by atoms with E-state index in [1.54, 1.807) is 0 Å². The first-order valence-electron chi connectivity index (χ1n) is 6.69. The van der Waals surface area contributed by atoms with E-state index < -0.39 is 0 Å². The lowest BCUT2D eigenvalue weighted by molar-refractivity contribution is 0.395. The van der Waals surface area contributed by atoms with Crippen LogP contribution in [-0.4, -0.2) is 50.7 Å². The molecule has 4 nitrogen and oxygen atoms in total. The summed E-state index contributed by atoms with van der Waals surface area (Å²) in [7, 11) is 6.29. The molecule has 0 radical (unpaired) electrons. The summed E-state index contributed by atoms with van der Waals surface area (Å²) in [6.45, 7) is 4.36. The number of likely N-dealkylation sites (tertiary alicyclic amines) is 1. The summed E-state index contributed by atoms with van der Waals surface area (Å²) in [5, 5.41) is 3.14. The first-order chi connectivity index (χ1) is 8.69. The third kappa shape index (κ3) is 3.43. The number of aromatic nitrogens is 1. The van der Waals surface area contributed by atoms with Crippen LogP contribution in [0.2, 0.25) is 0 Å². The van der Waals surface area contributed by atoms with Crippen LogP contribution in [0.5, 0.6) is 0 Å². The maximum absolute atomic E-state index is 4.67. The van der Waals surface area contributed by atoms with Crippen LogP contribution >= 0.6 is 0 Å². The number of rotatable bonds is 5. The van der Waals surface area contributed by atoms with Gasteiger partial charge in [0.2, 0.25) is 0 Å². The van der Waals surface area contributed by atoms with Crippen molar-refractivity contribution in [2.75, 3.05) is 45.7 Å². The fraction of sp³-hybridized carbons (Fsp3) is 0.643. The van der Waals surface area contributed by atoms with Gasteiger partial charge in [0.05, 0.1) is 5.69 Å². The summed E-state index contributed by atoms with van der Waals surface area (Å²) in [5.41, 5.74) is 1.10. The molecule has 0 amide bonds. The monoisotopic (exact) mass is 248 g/mol. The largest absolute Gasteiger partial charge is 0.359 e. The van der Waals surface area contributed by atoms with Crippen LogP contribution < -0.4 is 10.2 Å². The van der Waals surface area contributed by atoms with Crippen LogP contribution in [0.4, 0.5) is 5.82 Å². The molecule has 1 aliphatic heterocycles. The quantitative estimate of drug-likeness (QED) is 0.848. The molecule has 100 valence electrons. The molecule has 1 saturated heterocycles. The molecule has 1 N–H and O–H groups in total. The van der Waals surface area contributed by atoms with Gasteiger partial charge in [-0.25, -0.2) is 4.98 Å². The van der Waals surface area contributed by atoms with Crippen LogP contribution in [0, 0.1) is 5.92 Å². The van der Waals surface area contributed by atoms with Gasteiger partial charge < -0.3 is 15.1 Å². The molecule has 0 saturated carbocycles. The summed E-state index contributed by atoms with van der Waals surface area (Å²) in [6, 6.07) is 6.25. The van der Waals surface area contributed by atoms with Crippen LogP contribution in [-0.2, 0) is 6.54 Å². The lowest BCUT2D eigenvalue weighted by Crippen LogP contribution is -2.28. The van der Waals surface area contributed by atoms with Gasteiger partial charge in [0.25, 0.3) is 0 Å². The Bertz CT molecular complexity index is 380. The highest BCUT2D eigenvalue weighted by Crippen LogP contribution is 2.18. The molecule has 1 aromatic heterocycles. The average molecular weight is 248 g/mol. The molecule has 0 aromatic carbocycles. The van der Waals surface area contributed by atoms with Crippen molar-refractivity contribution in [2.45, 2.75) is 13.0 Å². The predicted molar refractivity (Wildman–Crippen MR) is 75.9 cm³/mol. The number of nitrogens with one attached hydrogen (secondary N) is 1. The van der Waals surface area contributed by atoms with Crippen molar-refractivity contribution in [1.82, 2.24) is 15.2 Å². The third-order valence-electron chi connectivity index (χ3n) is 3.56. The zero-order valence-corrected chi connectivity index (χ0v) is 11.7. The molecule has 1 unspecified atom stereocenters. The molecule has 1 aliphatic rings. The van der Waals surface area contributed by atoms with E-state index in [1.165, 1.54) is 19.5 Å². The fourth-order valence-electron chi connectivity index (χ4n) is 2.62. The normalized spacial score (nSPS) is 20.3. The summed E-state index contributed by atoms with van der Waals surface area (Å²) in [6.07, 6.45) is 1.30. The molecule has 18 heavy (non-hydrogen) atoms. The highest BCUT2D eigenvalue weighted by molar-refractivity contribution is 5.38. The van der Waals surface area contributed by atoms with Gasteiger partial charge in [-0.2, -0.15) is 0 Å². The van der Waals surface area contributed by atoms with Gasteiger partial charge in [-0.3, -0.25) is 0 Å². The Balaban J connectivity index is 1.95. The lowest BCUT2D eigenvalue weighted by Gasteiger charge is -2.22. The minimum absolute atomic E-state index is 0.773. The van der Waals surface area contributed by atoms with Gasteiger partial charge >= 0.3 is 0 Å². The van der Waals surface area contributed by atoms with Gasteiger partial charge in [0.1, 0.15) is 5.82 Å². The van der Waals surface area contributed by atoms with Crippen LogP contribution in [0.15, 0.2) is 18.2 Å². The second-order valence-corrected chi connectivity index (χ2v) is 5.31. The molecule has 0 aliphatic carbocycles. The summed E-state index contributed by atoms with van der Waals surface area (Å²) in [4.78, 5) is 9.36.